The lowest BCUT2D eigenvalue weighted by Crippen LogP contribution is -2.23. The highest BCUT2D eigenvalue weighted by Crippen LogP contribution is 2.48. The first kappa shape index (κ1) is 31.5. The molecule has 6 atom stereocenters. The number of hydrogen-bond acceptors (Lipinski definition) is 7. The highest BCUT2D eigenvalue weighted by atomic mass is 16.1. The van der Waals surface area contributed by atoms with Crippen LogP contribution in [0.1, 0.15) is 94.7 Å². The van der Waals surface area contributed by atoms with Crippen molar-refractivity contribution in [1.82, 2.24) is 10.3 Å². The maximum absolute atomic E-state index is 13.6. The normalized spacial score (nSPS) is 29.4. The van der Waals surface area contributed by atoms with Gasteiger partial charge in [-0.15, -0.1) is 0 Å². The molecule has 1 aliphatic carbocycles. The van der Waals surface area contributed by atoms with Crippen LogP contribution in [0.4, 0.5) is 0 Å². The molecular weight excluding hydrogens is 562 g/mol. The summed E-state index contributed by atoms with van der Waals surface area (Å²) in [5, 5.41) is 3.16. The van der Waals surface area contributed by atoms with E-state index in [1.54, 1.807) is 0 Å². The summed E-state index contributed by atoms with van der Waals surface area (Å²) >= 11 is 0. The molecular formula is C37H47N5O3. The number of nitrogens with zero attached hydrogens (tertiary/aromatic N) is 3. The summed E-state index contributed by atoms with van der Waals surface area (Å²) in [5.41, 5.74) is 13.0. The Morgan fingerprint density at radius 1 is 1.07 bits per heavy atom. The van der Waals surface area contributed by atoms with Crippen molar-refractivity contribution >= 4 is 35.5 Å². The number of nitrogens with one attached hydrogen (secondary N) is 2. The van der Waals surface area contributed by atoms with Crippen LogP contribution in [0.15, 0.2) is 49.0 Å². The second kappa shape index (κ2) is 12.7. The van der Waals surface area contributed by atoms with Crippen molar-refractivity contribution in [3.8, 4) is 0 Å². The number of hydrogen-bond donors (Lipinski definition) is 2. The first-order valence-corrected chi connectivity index (χ1v) is 16.9. The minimum Gasteiger partial charge on any atom is -0.361 e. The summed E-state index contributed by atoms with van der Waals surface area (Å²) < 4.78 is 0. The molecule has 6 rings (SSSR count). The molecule has 8 heteroatoms. The zero-order valence-corrected chi connectivity index (χ0v) is 27.6. The number of aliphatic imine (C=N–C) groups is 3. The van der Waals surface area contributed by atoms with Gasteiger partial charge in [-0.2, -0.15) is 0 Å². The number of ketones is 1. The molecule has 4 aliphatic heterocycles. The molecule has 0 aromatic carbocycles. The summed E-state index contributed by atoms with van der Waals surface area (Å²) in [5.74, 6) is -0.236. The number of likely N-dealkylation sites (N-methyl/N-ethyl adjacent to an activating group) is 1. The summed E-state index contributed by atoms with van der Waals surface area (Å²) in [6, 6.07) is -0.190. The molecule has 2 N–H and O–H groups in total. The zero-order chi connectivity index (χ0) is 32.0. The number of carbonyl (C=O) groups is 3. The fourth-order valence-corrected chi connectivity index (χ4v) is 8.78. The predicted molar refractivity (Wildman–Crippen MR) is 180 cm³/mol. The highest BCUT2D eigenvalue weighted by Gasteiger charge is 2.48. The van der Waals surface area contributed by atoms with Gasteiger partial charge in [-0.1, -0.05) is 26.8 Å². The number of aromatic amines is 1. The molecule has 45 heavy (non-hydrogen) atoms. The van der Waals surface area contributed by atoms with Crippen LogP contribution in [0.25, 0.3) is 0 Å². The number of aromatic nitrogens is 1. The van der Waals surface area contributed by atoms with Crippen LogP contribution in [0.3, 0.4) is 0 Å². The number of carbonyl (C=O) groups excluding carboxylic acids is 3. The van der Waals surface area contributed by atoms with Gasteiger partial charge in [-0.05, 0) is 80.3 Å². The molecule has 8 bridgehead atoms. The topological polar surface area (TPSA) is 116 Å². The van der Waals surface area contributed by atoms with E-state index in [4.69, 9.17) is 15.0 Å². The van der Waals surface area contributed by atoms with Crippen LogP contribution in [0.2, 0.25) is 0 Å². The molecule has 0 saturated heterocycles. The fourth-order valence-electron chi connectivity index (χ4n) is 8.78. The summed E-state index contributed by atoms with van der Waals surface area (Å²) in [7, 11) is 1.87. The highest BCUT2D eigenvalue weighted by molar-refractivity contribution is 6.06. The Kier molecular flexibility index (Phi) is 8.88. The van der Waals surface area contributed by atoms with Crippen LogP contribution in [-0.4, -0.2) is 66.2 Å². The van der Waals surface area contributed by atoms with E-state index in [2.05, 4.69) is 44.9 Å². The Morgan fingerprint density at radius 3 is 2.56 bits per heavy atom. The van der Waals surface area contributed by atoms with Gasteiger partial charge in [0.05, 0.1) is 29.6 Å². The Hall–Kier alpha value is -3.52. The summed E-state index contributed by atoms with van der Waals surface area (Å²) in [6.07, 6.45) is 9.30. The summed E-state index contributed by atoms with van der Waals surface area (Å²) in [4.78, 5) is 57.8. The molecule has 5 heterocycles. The third-order valence-electron chi connectivity index (χ3n) is 11.1. The maximum atomic E-state index is 13.6. The van der Waals surface area contributed by atoms with Gasteiger partial charge in [0, 0.05) is 72.2 Å². The molecule has 5 aliphatic rings. The van der Waals surface area contributed by atoms with Crippen molar-refractivity contribution in [3.05, 3.63) is 56.6 Å². The smallest absolute Gasteiger partial charge is 0.146 e. The first-order valence-electron chi connectivity index (χ1n) is 16.9. The number of fused-ring (bicyclic) bond motifs is 5. The molecule has 0 fully saturated rings. The van der Waals surface area contributed by atoms with Gasteiger partial charge < -0.3 is 15.1 Å². The molecule has 8 nitrogen and oxygen atoms in total. The van der Waals surface area contributed by atoms with Crippen LogP contribution >= 0.6 is 0 Å². The van der Waals surface area contributed by atoms with Gasteiger partial charge in [0.2, 0.25) is 0 Å². The van der Waals surface area contributed by atoms with E-state index in [1.165, 1.54) is 22.3 Å². The molecule has 1 aromatic rings. The van der Waals surface area contributed by atoms with Crippen molar-refractivity contribution in [2.75, 3.05) is 13.6 Å². The zero-order valence-electron chi connectivity index (χ0n) is 27.6. The number of aldehydes is 2. The molecule has 1 aromatic heterocycles. The van der Waals surface area contributed by atoms with Gasteiger partial charge in [-0.25, -0.2) is 0 Å². The van der Waals surface area contributed by atoms with Crippen molar-refractivity contribution in [2.45, 2.75) is 104 Å². The SMILES string of the molecule is CCC1=C(C)C2=NC1CC1=NC3=C(CC(=O)C3C1C)C1N=C(CC1CCC=O)C(/C(C=O)=C/CNC)c1[nH]c(c(CC)c1C)C2. The van der Waals surface area contributed by atoms with E-state index >= 15 is 0 Å². The number of Topliss-reactive ketones (excluding diaryl/α,β-unsaturated/α-hetero) is 1. The minimum absolute atomic E-state index is 0.0352. The van der Waals surface area contributed by atoms with Crippen LogP contribution in [0, 0.1) is 24.7 Å². The third kappa shape index (κ3) is 5.29. The maximum Gasteiger partial charge on any atom is 0.146 e. The first-order chi connectivity index (χ1) is 21.8. The Labute approximate surface area is 266 Å². The third-order valence-corrected chi connectivity index (χ3v) is 11.1. The fraction of sp³-hybridized carbons (Fsp3) is 0.568. The van der Waals surface area contributed by atoms with Gasteiger partial charge >= 0.3 is 0 Å². The van der Waals surface area contributed by atoms with E-state index in [9.17, 15) is 14.4 Å². The molecule has 0 amide bonds. The van der Waals surface area contributed by atoms with Gasteiger partial charge in [-0.3, -0.25) is 24.6 Å². The van der Waals surface area contributed by atoms with Crippen LogP contribution in [0.5, 0.6) is 0 Å². The monoisotopic (exact) mass is 609 g/mol. The van der Waals surface area contributed by atoms with E-state index in [0.29, 0.717) is 44.2 Å². The minimum atomic E-state index is -0.340. The number of H-pyrrole nitrogens is 1. The lowest BCUT2D eigenvalue weighted by atomic mass is 9.82. The van der Waals surface area contributed by atoms with Gasteiger partial charge in [0.15, 0.2) is 0 Å². The van der Waals surface area contributed by atoms with Crippen LogP contribution < -0.4 is 5.32 Å². The van der Waals surface area contributed by atoms with E-state index in [1.807, 2.05) is 13.1 Å². The van der Waals surface area contributed by atoms with Gasteiger partial charge in [0.1, 0.15) is 18.4 Å². The largest absolute Gasteiger partial charge is 0.361 e. The molecule has 238 valence electrons. The number of rotatable bonds is 9. The molecule has 0 saturated carbocycles. The van der Waals surface area contributed by atoms with E-state index < -0.39 is 0 Å². The van der Waals surface area contributed by atoms with Gasteiger partial charge in [0.25, 0.3) is 0 Å². The van der Waals surface area contributed by atoms with Crippen molar-refractivity contribution in [2.24, 2.45) is 32.7 Å². The number of allylic oxidation sites excluding steroid dienone is 3. The molecule has 0 spiro atoms. The lowest BCUT2D eigenvalue weighted by molar-refractivity contribution is -0.120. The van der Waals surface area contributed by atoms with Crippen molar-refractivity contribution in [3.63, 3.8) is 0 Å². The molecule has 0 radical (unpaired) electrons. The van der Waals surface area contributed by atoms with E-state index in [-0.39, 0.29) is 41.5 Å². The molecule has 6 unspecified atom stereocenters. The summed E-state index contributed by atoms with van der Waals surface area (Å²) in [6.45, 7) is 11.5. The second-order valence-electron chi connectivity index (χ2n) is 13.5. The second-order valence-corrected chi connectivity index (χ2v) is 13.5. The van der Waals surface area contributed by atoms with Crippen LogP contribution in [-0.2, 0) is 27.2 Å². The Morgan fingerprint density at radius 2 is 1.87 bits per heavy atom. The Bertz CT molecular complexity index is 1620. The van der Waals surface area contributed by atoms with E-state index in [0.717, 1.165) is 71.6 Å². The standard InChI is InChI=1S/C37H47N5O3/c1-7-24-19(3)27-16-30-25(8-2)20(4)35(41-30)34(23(18-44)11-12-38-6)31-14-22(10-9-13-43)36(42-31)26-15-32(45)33-21(5)28(40-37(26)33)17-29(24)39-27/h11,13,18,21-22,29,33-34,36,38,41H,7-10,12,14-17H2,1-6H3/b23-11+. The lowest BCUT2D eigenvalue weighted by Gasteiger charge is -2.20. The average molecular weight is 610 g/mol. The Balaban J connectivity index is 1.60. The predicted octanol–water partition coefficient (Wildman–Crippen LogP) is 5.55. The van der Waals surface area contributed by atoms with Crippen molar-refractivity contribution < 1.29 is 14.4 Å². The average Bonchev–Trinajstić information content (AvgIpc) is 3.81. The quantitative estimate of drug-likeness (QED) is 0.282. The van der Waals surface area contributed by atoms with Crippen molar-refractivity contribution in [1.29, 1.82) is 0 Å².